The van der Waals surface area contributed by atoms with Crippen molar-refractivity contribution in [2.24, 2.45) is 11.8 Å². The van der Waals surface area contributed by atoms with E-state index in [-0.39, 0.29) is 0 Å². The van der Waals surface area contributed by atoms with Crippen molar-refractivity contribution in [2.45, 2.75) is 39.7 Å². The van der Waals surface area contributed by atoms with E-state index in [9.17, 15) is 4.79 Å². The number of imidazole rings is 1. The Bertz CT molecular complexity index is 364. The molecule has 1 aliphatic heterocycles. The van der Waals surface area contributed by atoms with Crippen LogP contribution in [0.5, 0.6) is 0 Å². The first-order chi connectivity index (χ1) is 8.65. The molecule has 0 bridgehead atoms. The molecule has 4 heteroatoms. The van der Waals surface area contributed by atoms with Gasteiger partial charge in [-0.1, -0.05) is 13.8 Å². The Balaban J connectivity index is 1.74. The number of hydrogen-bond donors (Lipinski definition) is 0. The van der Waals surface area contributed by atoms with Gasteiger partial charge in [-0.15, -0.1) is 0 Å². The Morgan fingerprint density at radius 2 is 2.06 bits per heavy atom. The molecule has 1 aliphatic rings. The van der Waals surface area contributed by atoms with Crippen LogP contribution in [-0.4, -0.2) is 33.4 Å². The molecule has 0 N–H and O–H groups in total. The third-order valence-electron chi connectivity index (χ3n) is 3.59. The second kappa shape index (κ2) is 6.03. The van der Waals surface area contributed by atoms with Crippen LogP contribution in [-0.2, 0) is 11.3 Å². The Hall–Kier alpha value is -1.32. The van der Waals surface area contributed by atoms with Gasteiger partial charge in [0.05, 0.1) is 6.33 Å². The highest BCUT2D eigenvalue weighted by Gasteiger charge is 2.24. The molecule has 1 amide bonds. The molecule has 1 aromatic heterocycles. The van der Waals surface area contributed by atoms with E-state index in [0.29, 0.717) is 24.2 Å². The molecule has 0 saturated carbocycles. The standard InChI is InChI=1S/C14H23N3O/c1-12-8-13(2)10-17(9-12)14(18)4-3-6-16-7-5-15-11-16/h5,7,11-13H,3-4,6,8-10H2,1-2H3. The number of hydrogen-bond acceptors (Lipinski definition) is 2. The van der Waals surface area contributed by atoms with E-state index < -0.39 is 0 Å². The van der Waals surface area contributed by atoms with Crippen LogP contribution in [0.2, 0.25) is 0 Å². The smallest absolute Gasteiger partial charge is 0.222 e. The summed E-state index contributed by atoms with van der Waals surface area (Å²) in [5.74, 6) is 1.60. The maximum Gasteiger partial charge on any atom is 0.222 e. The van der Waals surface area contributed by atoms with Crippen LogP contribution in [0.1, 0.15) is 33.1 Å². The minimum atomic E-state index is 0.313. The van der Waals surface area contributed by atoms with Gasteiger partial charge in [0.25, 0.3) is 0 Å². The van der Waals surface area contributed by atoms with Crippen LogP contribution >= 0.6 is 0 Å². The number of amides is 1. The zero-order valence-corrected chi connectivity index (χ0v) is 11.4. The molecule has 0 aromatic carbocycles. The number of aromatic nitrogens is 2. The van der Waals surface area contributed by atoms with Crippen molar-refractivity contribution in [3.8, 4) is 0 Å². The van der Waals surface area contributed by atoms with Crippen molar-refractivity contribution in [1.29, 1.82) is 0 Å². The van der Waals surface area contributed by atoms with Gasteiger partial charge in [0.1, 0.15) is 0 Å². The fraction of sp³-hybridized carbons (Fsp3) is 0.714. The average Bonchev–Trinajstić information content (AvgIpc) is 2.80. The molecule has 2 heterocycles. The number of aryl methyl sites for hydroxylation is 1. The first kappa shape index (κ1) is 13.1. The second-order valence-corrected chi connectivity index (χ2v) is 5.65. The molecule has 0 spiro atoms. The lowest BCUT2D eigenvalue weighted by atomic mass is 9.91. The average molecular weight is 249 g/mol. The lowest BCUT2D eigenvalue weighted by Gasteiger charge is -2.35. The van der Waals surface area contributed by atoms with E-state index in [1.54, 1.807) is 12.5 Å². The van der Waals surface area contributed by atoms with Crippen LogP contribution in [0.15, 0.2) is 18.7 Å². The van der Waals surface area contributed by atoms with Gasteiger partial charge in [-0.2, -0.15) is 0 Å². The molecule has 0 aliphatic carbocycles. The summed E-state index contributed by atoms with van der Waals surface area (Å²) in [6.45, 7) is 7.23. The molecule has 2 rings (SSSR count). The van der Waals surface area contributed by atoms with Gasteiger partial charge in [-0.3, -0.25) is 4.79 Å². The third-order valence-corrected chi connectivity index (χ3v) is 3.59. The summed E-state index contributed by atoms with van der Waals surface area (Å²) >= 11 is 0. The van der Waals surface area contributed by atoms with Gasteiger partial charge >= 0.3 is 0 Å². The largest absolute Gasteiger partial charge is 0.342 e. The highest BCUT2D eigenvalue weighted by atomic mass is 16.2. The van der Waals surface area contributed by atoms with E-state index in [2.05, 4.69) is 18.8 Å². The molecular formula is C14H23N3O. The summed E-state index contributed by atoms with van der Waals surface area (Å²) in [7, 11) is 0. The Morgan fingerprint density at radius 1 is 1.33 bits per heavy atom. The SMILES string of the molecule is CC1CC(C)CN(C(=O)CCCn2ccnc2)C1. The van der Waals surface area contributed by atoms with E-state index in [0.717, 1.165) is 26.1 Å². The third kappa shape index (κ3) is 3.59. The fourth-order valence-electron chi connectivity index (χ4n) is 2.86. The summed E-state index contributed by atoms with van der Waals surface area (Å²) in [5, 5.41) is 0. The second-order valence-electron chi connectivity index (χ2n) is 5.65. The molecule has 4 nitrogen and oxygen atoms in total. The summed E-state index contributed by atoms with van der Waals surface area (Å²) < 4.78 is 2.02. The van der Waals surface area contributed by atoms with E-state index in [4.69, 9.17) is 0 Å². The van der Waals surface area contributed by atoms with Crippen molar-refractivity contribution < 1.29 is 4.79 Å². The lowest BCUT2D eigenvalue weighted by molar-refractivity contribution is -0.134. The number of carbonyl (C=O) groups is 1. The summed E-state index contributed by atoms with van der Waals surface area (Å²) in [6, 6.07) is 0. The molecule has 2 atom stereocenters. The summed E-state index contributed by atoms with van der Waals surface area (Å²) in [6.07, 6.45) is 8.31. The number of nitrogens with zero attached hydrogens (tertiary/aromatic N) is 3. The summed E-state index contributed by atoms with van der Waals surface area (Å²) in [5.41, 5.74) is 0. The van der Waals surface area contributed by atoms with Gasteiger partial charge in [0, 0.05) is 38.4 Å². The molecule has 0 radical (unpaired) electrons. The van der Waals surface area contributed by atoms with Crippen molar-refractivity contribution in [2.75, 3.05) is 13.1 Å². The Kier molecular flexibility index (Phi) is 4.39. The van der Waals surface area contributed by atoms with Gasteiger partial charge in [-0.25, -0.2) is 4.98 Å². The predicted molar refractivity (Wildman–Crippen MR) is 71.0 cm³/mol. The minimum absolute atomic E-state index is 0.313. The lowest BCUT2D eigenvalue weighted by Crippen LogP contribution is -2.42. The van der Waals surface area contributed by atoms with Crippen LogP contribution in [0.4, 0.5) is 0 Å². The maximum absolute atomic E-state index is 12.1. The van der Waals surface area contributed by atoms with Crippen LogP contribution in [0, 0.1) is 11.8 Å². The minimum Gasteiger partial charge on any atom is -0.342 e. The highest BCUT2D eigenvalue weighted by Crippen LogP contribution is 2.21. The fourth-order valence-corrected chi connectivity index (χ4v) is 2.86. The first-order valence-corrected chi connectivity index (χ1v) is 6.88. The van der Waals surface area contributed by atoms with Crippen molar-refractivity contribution in [1.82, 2.24) is 14.5 Å². The number of rotatable bonds is 4. The van der Waals surface area contributed by atoms with Crippen molar-refractivity contribution >= 4 is 5.91 Å². The van der Waals surface area contributed by atoms with E-state index in [1.165, 1.54) is 6.42 Å². The molecule has 1 aromatic rings. The monoisotopic (exact) mass is 249 g/mol. The Morgan fingerprint density at radius 3 is 2.67 bits per heavy atom. The Labute approximate surface area is 109 Å². The van der Waals surface area contributed by atoms with Crippen LogP contribution in [0.25, 0.3) is 0 Å². The quantitative estimate of drug-likeness (QED) is 0.820. The van der Waals surface area contributed by atoms with Gasteiger partial charge in [0.2, 0.25) is 5.91 Å². The zero-order valence-electron chi connectivity index (χ0n) is 11.4. The van der Waals surface area contributed by atoms with Crippen LogP contribution in [0.3, 0.4) is 0 Å². The molecule has 1 fully saturated rings. The molecular weight excluding hydrogens is 226 g/mol. The maximum atomic E-state index is 12.1. The number of likely N-dealkylation sites (tertiary alicyclic amines) is 1. The van der Waals surface area contributed by atoms with Gasteiger partial charge < -0.3 is 9.47 Å². The number of piperidine rings is 1. The van der Waals surface area contributed by atoms with Gasteiger partial charge in [-0.05, 0) is 24.7 Å². The predicted octanol–water partition coefficient (Wildman–Crippen LogP) is 2.17. The summed E-state index contributed by atoms with van der Waals surface area (Å²) in [4.78, 5) is 18.2. The molecule has 18 heavy (non-hydrogen) atoms. The molecule has 100 valence electrons. The first-order valence-electron chi connectivity index (χ1n) is 6.88. The topological polar surface area (TPSA) is 38.1 Å². The highest BCUT2D eigenvalue weighted by molar-refractivity contribution is 5.76. The van der Waals surface area contributed by atoms with Crippen LogP contribution < -0.4 is 0 Å². The number of carbonyl (C=O) groups excluding carboxylic acids is 1. The molecule has 1 saturated heterocycles. The normalized spacial score (nSPS) is 24.2. The molecule has 2 unspecified atom stereocenters. The van der Waals surface area contributed by atoms with E-state index in [1.807, 2.05) is 15.7 Å². The van der Waals surface area contributed by atoms with E-state index >= 15 is 0 Å². The van der Waals surface area contributed by atoms with Gasteiger partial charge in [0.15, 0.2) is 0 Å². The van der Waals surface area contributed by atoms with Crippen molar-refractivity contribution in [3.63, 3.8) is 0 Å². The zero-order chi connectivity index (χ0) is 13.0. The van der Waals surface area contributed by atoms with Crippen molar-refractivity contribution in [3.05, 3.63) is 18.7 Å².